The third-order valence-electron chi connectivity index (χ3n) is 5.91. The van der Waals surface area contributed by atoms with E-state index in [9.17, 15) is 13.2 Å². The van der Waals surface area contributed by atoms with Gasteiger partial charge in [0.1, 0.15) is 0 Å². The molecule has 0 radical (unpaired) electrons. The molecule has 0 unspecified atom stereocenters. The van der Waals surface area contributed by atoms with Gasteiger partial charge < -0.3 is 5.32 Å². The Morgan fingerprint density at radius 3 is 2.17 bits per heavy atom. The molecule has 0 spiro atoms. The molecule has 2 aliphatic rings. The molecule has 1 saturated carbocycles. The highest BCUT2D eigenvalue weighted by Gasteiger charge is 2.51. The van der Waals surface area contributed by atoms with Gasteiger partial charge in [0.15, 0.2) is 0 Å². The van der Waals surface area contributed by atoms with E-state index in [1.54, 1.807) is 28.6 Å². The Kier molecular flexibility index (Phi) is 5.69. The quantitative estimate of drug-likeness (QED) is 0.753. The average molecular weight is 433 g/mol. The fraction of sp³-hybridized carbons (Fsp3) is 0.409. The number of hydrogen-bond acceptors (Lipinski definition) is 3. The molecule has 2 aromatic carbocycles. The van der Waals surface area contributed by atoms with Gasteiger partial charge >= 0.3 is 0 Å². The van der Waals surface area contributed by atoms with Gasteiger partial charge in [0, 0.05) is 24.7 Å². The van der Waals surface area contributed by atoms with Crippen LogP contribution in [0.1, 0.15) is 43.2 Å². The van der Waals surface area contributed by atoms with Crippen LogP contribution in [-0.4, -0.2) is 31.7 Å². The predicted molar refractivity (Wildman–Crippen MR) is 113 cm³/mol. The maximum Gasteiger partial charge on any atom is 0.243 e. The number of rotatable bonds is 6. The second-order valence-corrected chi connectivity index (χ2v) is 10.3. The molecular weight excluding hydrogens is 408 g/mol. The minimum absolute atomic E-state index is 0.00448. The predicted octanol–water partition coefficient (Wildman–Crippen LogP) is 3.86. The summed E-state index contributed by atoms with van der Waals surface area (Å²) in [4.78, 5) is 13.1. The Morgan fingerprint density at radius 1 is 0.966 bits per heavy atom. The zero-order valence-corrected chi connectivity index (χ0v) is 17.8. The van der Waals surface area contributed by atoms with Crippen molar-refractivity contribution in [1.82, 2.24) is 9.62 Å². The Balaban J connectivity index is 1.39. The van der Waals surface area contributed by atoms with Crippen LogP contribution in [0.2, 0.25) is 5.02 Å². The molecule has 0 aromatic heterocycles. The van der Waals surface area contributed by atoms with E-state index < -0.39 is 15.4 Å². The highest BCUT2D eigenvalue weighted by molar-refractivity contribution is 7.89. The highest BCUT2D eigenvalue weighted by atomic mass is 35.5. The first-order chi connectivity index (χ1) is 13.9. The first kappa shape index (κ1) is 20.4. The molecule has 2 fully saturated rings. The van der Waals surface area contributed by atoms with Crippen molar-refractivity contribution in [3.63, 3.8) is 0 Å². The molecule has 1 amide bonds. The summed E-state index contributed by atoms with van der Waals surface area (Å²) < 4.78 is 27.0. The number of amides is 1. The average Bonchev–Trinajstić information content (AvgIpc) is 3.55. The van der Waals surface area contributed by atoms with Crippen molar-refractivity contribution in [1.29, 1.82) is 0 Å². The molecule has 2 aromatic rings. The van der Waals surface area contributed by atoms with Crippen molar-refractivity contribution in [2.45, 2.75) is 49.0 Å². The van der Waals surface area contributed by atoms with E-state index in [0.717, 1.165) is 43.2 Å². The maximum atomic E-state index is 12.8. The van der Waals surface area contributed by atoms with Gasteiger partial charge in [-0.15, -0.1) is 0 Å². The third kappa shape index (κ3) is 4.20. The van der Waals surface area contributed by atoms with E-state index in [1.807, 2.05) is 24.3 Å². The lowest BCUT2D eigenvalue weighted by atomic mass is 9.95. The summed E-state index contributed by atoms with van der Waals surface area (Å²) in [5.41, 5.74) is 1.41. The first-order valence-corrected chi connectivity index (χ1v) is 11.9. The van der Waals surface area contributed by atoms with Crippen LogP contribution in [-0.2, 0) is 26.8 Å². The SMILES string of the molecule is O=C(NCc1ccc(S(=O)(=O)N2CCCCC2)cc1)C1(c2ccc(Cl)cc2)CC1. The Hall–Kier alpha value is -1.89. The van der Waals surface area contributed by atoms with Gasteiger partial charge in [0.25, 0.3) is 0 Å². The molecule has 1 aliphatic carbocycles. The second kappa shape index (κ2) is 8.09. The molecule has 7 heteroatoms. The number of carbonyl (C=O) groups is 1. The molecule has 1 saturated heterocycles. The van der Waals surface area contributed by atoms with Crippen molar-refractivity contribution in [2.75, 3.05) is 13.1 Å². The second-order valence-electron chi connectivity index (χ2n) is 7.88. The molecule has 1 aliphatic heterocycles. The van der Waals surface area contributed by atoms with E-state index >= 15 is 0 Å². The first-order valence-electron chi connectivity index (χ1n) is 10.1. The van der Waals surface area contributed by atoms with E-state index in [4.69, 9.17) is 11.6 Å². The van der Waals surface area contributed by atoms with E-state index in [1.165, 1.54) is 0 Å². The number of hydrogen-bond donors (Lipinski definition) is 1. The zero-order chi connectivity index (χ0) is 20.5. The summed E-state index contributed by atoms with van der Waals surface area (Å²) in [5.74, 6) is 0.00448. The topological polar surface area (TPSA) is 66.5 Å². The molecule has 5 nitrogen and oxygen atoms in total. The summed E-state index contributed by atoms with van der Waals surface area (Å²) in [7, 11) is -3.43. The summed E-state index contributed by atoms with van der Waals surface area (Å²) >= 11 is 5.95. The third-order valence-corrected chi connectivity index (χ3v) is 8.08. The molecule has 0 atom stereocenters. The van der Waals surface area contributed by atoms with E-state index in [2.05, 4.69) is 5.32 Å². The number of carbonyl (C=O) groups excluding carboxylic acids is 1. The van der Waals surface area contributed by atoms with Gasteiger partial charge in [0.2, 0.25) is 15.9 Å². The number of nitrogens with one attached hydrogen (secondary N) is 1. The molecule has 1 N–H and O–H groups in total. The molecule has 154 valence electrons. The lowest BCUT2D eigenvalue weighted by Gasteiger charge is -2.25. The van der Waals surface area contributed by atoms with Gasteiger partial charge in [-0.05, 0) is 61.1 Å². The van der Waals surface area contributed by atoms with Gasteiger partial charge in [-0.25, -0.2) is 8.42 Å². The summed E-state index contributed by atoms with van der Waals surface area (Å²) in [6.45, 7) is 1.55. The van der Waals surface area contributed by atoms with E-state index in [-0.39, 0.29) is 5.91 Å². The van der Waals surface area contributed by atoms with Gasteiger partial charge in [-0.2, -0.15) is 4.31 Å². The largest absolute Gasteiger partial charge is 0.351 e. The lowest BCUT2D eigenvalue weighted by Crippen LogP contribution is -2.35. The molecule has 4 rings (SSSR count). The van der Waals surface area contributed by atoms with Crippen molar-refractivity contribution < 1.29 is 13.2 Å². The van der Waals surface area contributed by atoms with Crippen LogP contribution in [0.25, 0.3) is 0 Å². The normalized spacial score (nSPS) is 18.9. The van der Waals surface area contributed by atoms with Crippen LogP contribution in [0.5, 0.6) is 0 Å². The van der Waals surface area contributed by atoms with Gasteiger partial charge in [0.05, 0.1) is 10.3 Å². The summed E-state index contributed by atoms with van der Waals surface area (Å²) in [6, 6.07) is 14.3. The standard InChI is InChI=1S/C22H25ClN2O3S/c23-19-8-6-18(7-9-19)22(12-13-22)21(26)24-16-17-4-10-20(11-5-17)29(27,28)25-14-2-1-3-15-25/h4-11H,1-3,12-16H2,(H,24,26). The summed E-state index contributed by atoms with van der Waals surface area (Å²) in [6.07, 6.45) is 4.57. The van der Waals surface area contributed by atoms with Crippen LogP contribution in [0.3, 0.4) is 0 Å². The molecular formula is C22H25ClN2O3S. The number of benzene rings is 2. The van der Waals surface area contributed by atoms with Crippen LogP contribution in [0.15, 0.2) is 53.4 Å². The minimum Gasteiger partial charge on any atom is -0.351 e. The molecule has 1 heterocycles. The number of nitrogens with zero attached hydrogens (tertiary/aromatic N) is 1. The Bertz CT molecular complexity index is 978. The lowest BCUT2D eigenvalue weighted by molar-refractivity contribution is -0.123. The Labute approximate surface area is 177 Å². The molecule has 29 heavy (non-hydrogen) atoms. The zero-order valence-electron chi connectivity index (χ0n) is 16.2. The van der Waals surface area contributed by atoms with Crippen LogP contribution < -0.4 is 5.32 Å². The van der Waals surface area contributed by atoms with Crippen molar-refractivity contribution in [3.05, 3.63) is 64.7 Å². The fourth-order valence-electron chi connectivity index (χ4n) is 3.93. The van der Waals surface area contributed by atoms with Gasteiger partial charge in [-0.3, -0.25) is 4.79 Å². The van der Waals surface area contributed by atoms with Crippen molar-refractivity contribution >= 4 is 27.5 Å². The maximum absolute atomic E-state index is 12.8. The monoisotopic (exact) mass is 432 g/mol. The highest BCUT2D eigenvalue weighted by Crippen LogP contribution is 2.48. The van der Waals surface area contributed by atoms with Crippen molar-refractivity contribution in [3.8, 4) is 0 Å². The van der Waals surface area contributed by atoms with E-state index in [0.29, 0.717) is 29.6 Å². The van der Waals surface area contributed by atoms with Crippen LogP contribution >= 0.6 is 11.6 Å². The minimum atomic E-state index is -3.43. The van der Waals surface area contributed by atoms with Crippen LogP contribution in [0.4, 0.5) is 0 Å². The molecule has 0 bridgehead atoms. The fourth-order valence-corrected chi connectivity index (χ4v) is 5.57. The van der Waals surface area contributed by atoms with Crippen LogP contribution in [0, 0.1) is 0 Å². The number of sulfonamides is 1. The number of halogens is 1. The van der Waals surface area contributed by atoms with Crippen molar-refractivity contribution in [2.24, 2.45) is 0 Å². The summed E-state index contributed by atoms with van der Waals surface area (Å²) in [5, 5.41) is 3.66. The van der Waals surface area contributed by atoms with Gasteiger partial charge in [-0.1, -0.05) is 42.3 Å². The smallest absolute Gasteiger partial charge is 0.243 e. The Morgan fingerprint density at radius 2 is 1.59 bits per heavy atom. The number of piperidine rings is 1.